The summed E-state index contributed by atoms with van der Waals surface area (Å²) in [7, 11) is 1.51. The summed E-state index contributed by atoms with van der Waals surface area (Å²) in [5.41, 5.74) is 0.768. The van der Waals surface area contributed by atoms with Crippen molar-refractivity contribution in [3.8, 4) is 16.9 Å². The molecule has 2 aromatic carbocycles. The van der Waals surface area contributed by atoms with Gasteiger partial charge >= 0.3 is 0 Å². The molecule has 1 heterocycles. The molecule has 0 aliphatic carbocycles. The Hall–Kier alpha value is -3.19. The predicted octanol–water partition coefficient (Wildman–Crippen LogP) is 3.47. The highest BCUT2D eigenvalue weighted by molar-refractivity contribution is 5.96. The normalized spacial score (nSPS) is 12.5. The van der Waals surface area contributed by atoms with Crippen LogP contribution in [-0.2, 0) is 0 Å². The minimum Gasteiger partial charge on any atom is -0.496 e. The van der Waals surface area contributed by atoms with Gasteiger partial charge in [-0.05, 0) is 38.1 Å². The van der Waals surface area contributed by atoms with Crippen LogP contribution in [0.25, 0.3) is 11.1 Å². The van der Waals surface area contributed by atoms with E-state index in [0.29, 0.717) is 11.3 Å². The number of H-pyrrole nitrogens is 1. The molecule has 0 spiro atoms. The first-order valence-corrected chi connectivity index (χ1v) is 8.76. The fourth-order valence-electron chi connectivity index (χ4n) is 3.03. The lowest BCUT2D eigenvalue weighted by Gasteiger charge is -2.31. The van der Waals surface area contributed by atoms with Gasteiger partial charge in [0.2, 0.25) is 0 Å². The lowest BCUT2D eigenvalue weighted by atomic mass is 9.91. The molecule has 1 atom stereocenters. The second-order valence-electron chi connectivity index (χ2n) is 6.98. The molecule has 0 radical (unpaired) electrons. The van der Waals surface area contributed by atoms with E-state index in [-0.39, 0.29) is 5.56 Å². The second-order valence-corrected chi connectivity index (χ2v) is 6.98. The molecule has 1 aromatic heterocycles. The number of benzene rings is 2. The Morgan fingerprint density at radius 3 is 2.64 bits per heavy atom. The molecule has 0 unspecified atom stereocenters. The molecule has 3 aromatic rings. The Morgan fingerprint density at radius 1 is 1.29 bits per heavy atom. The molecule has 1 amide bonds. The van der Waals surface area contributed by atoms with Gasteiger partial charge in [0, 0.05) is 28.5 Å². The van der Waals surface area contributed by atoms with E-state index < -0.39 is 23.4 Å². The number of aromatic amines is 1. The summed E-state index contributed by atoms with van der Waals surface area (Å²) in [6, 6.07) is 10.1. The first-order chi connectivity index (χ1) is 13.3. The highest BCUT2D eigenvalue weighted by atomic mass is 19.1. The standard InChI is InChI=1S/C21H22FN3O3/c1-21(2,27)19(16-6-4-5-7-17(16)22)25-20(26)13-8-9-15(18(10-13)28-3)14-11-23-24-12-14/h4-12,19,27H,1-3H3,(H,23,24)(H,25,26)/t19-/m0/s1. The number of aliphatic hydroxyl groups is 1. The average molecular weight is 383 g/mol. The van der Waals surface area contributed by atoms with Gasteiger partial charge in [0.15, 0.2) is 0 Å². The number of carbonyl (C=O) groups is 1. The van der Waals surface area contributed by atoms with Crippen molar-refractivity contribution in [2.75, 3.05) is 7.11 Å². The molecule has 146 valence electrons. The van der Waals surface area contributed by atoms with Crippen LogP contribution in [0.2, 0.25) is 0 Å². The number of carbonyl (C=O) groups excluding carboxylic acids is 1. The van der Waals surface area contributed by atoms with E-state index in [9.17, 15) is 14.3 Å². The van der Waals surface area contributed by atoms with E-state index in [2.05, 4.69) is 15.5 Å². The minimum atomic E-state index is -1.38. The van der Waals surface area contributed by atoms with Gasteiger partial charge in [-0.1, -0.05) is 18.2 Å². The van der Waals surface area contributed by atoms with Crippen LogP contribution in [0, 0.1) is 5.82 Å². The monoisotopic (exact) mass is 383 g/mol. The largest absolute Gasteiger partial charge is 0.496 e. The smallest absolute Gasteiger partial charge is 0.252 e. The van der Waals surface area contributed by atoms with Crippen molar-refractivity contribution in [2.24, 2.45) is 0 Å². The van der Waals surface area contributed by atoms with Crippen molar-refractivity contribution >= 4 is 5.91 Å². The maximum Gasteiger partial charge on any atom is 0.252 e. The van der Waals surface area contributed by atoms with Gasteiger partial charge in [0.25, 0.3) is 5.91 Å². The molecule has 7 heteroatoms. The van der Waals surface area contributed by atoms with Gasteiger partial charge in [-0.25, -0.2) is 4.39 Å². The fraction of sp³-hybridized carbons (Fsp3) is 0.238. The van der Waals surface area contributed by atoms with E-state index in [1.54, 1.807) is 48.8 Å². The number of nitrogens with one attached hydrogen (secondary N) is 2. The molecule has 0 saturated heterocycles. The van der Waals surface area contributed by atoms with Crippen LogP contribution >= 0.6 is 0 Å². The highest BCUT2D eigenvalue weighted by Crippen LogP contribution is 2.31. The van der Waals surface area contributed by atoms with Crippen LogP contribution in [-0.4, -0.2) is 33.9 Å². The van der Waals surface area contributed by atoms with Crippen LogP contribution in [0.3, 0.4) is 0 Å². The third-order valence-corrected chi connectivity index (χ3v) is 4.47. The molecule has 0 bridgehead atoms. The zero-order valence-electron chi connectivity index (χ0n) is 15.9. The molecule has 0 aliphatic heterocycles. The summed E-state index contributed by atoms with van der Waals surface area (Å²) in [6.07, 6.45) is 3.38. The fourth-order valence-corrected chi connectivity index (χ4v) is 3.03. The van der Waals surface area contributed by atoms with E-state index in [1.165, 1.54) is 27.0 Å². The topological polar surface area (TPSA) is 87.2 Å². The molecular formula is C21H22FN3O3. The zero-order chi connectivity index (χ0) is 20.3. The van der Waals surface area contributed by atoms with Crippen LogP contribution in [0.15, 0.2) is 54.9 Å². The predicted molar refractivity (Wildman–Crippen MR) is 103 cm³/mol. The molecule has 0 saturated carbocycles. The van der Waals surface area contributed by atoms with Gasteiger partial charge in [-0.2, -0.15) is 5.10 Å². The van der Waals surface area contributed by atoms with Crippen molar-refractivity contribution in [3.63, 3.8) is 0 Å². The number of amides is 1. The van der Waals surface area contributed by atoms with E-state index in [4.69, 9.17) is 4.74 Å². The van der Waals surface area contributed by atoms with Gasteiger partial charge in [-0.15, -0.1) is 0 Å². The quantitative estimate of drug-likeness (QED) is 0.608. The molecule has 0 fully saturated rings. The zero-order valence-corrected chi connectivity index (χ0v) is 15.9. The van der Waals surface area contributed by atoms with Crippen LogP contribution < -0.4 is 10.1 Å². The third-order valence-electron chi connectivity index (χ3n) is 4.47. The van der Waals surface area contributed by atoms with Gasteiger partial charge in [0.1, 0.15) is 11.6 Å². The van der Waals surface area contributed by atoms with Crippen molar-refractivity contribution < 1.29 is 19.0 Å². The maximum atomic E-state index is 14.3. The van der Waals surface area contributed by atoms with E-state index in [1.807, 2.05) is 0 Å². The second kappa shape index (κ2) is 7.82. The molecular weight excluding hydrogens is 361 g/mol. The number of nitrogens with zero attached hydrogens (tertiary/aromatic N) is 1. The minimum absolute atomic E-state index is 0.213. The Labute approximate surface area is 162 Å². The summed E-state index contributed by atoms with van der Waals surface area (Å²) in [5.74, 6) is -0.449. The lowest BCUT2D eigenvalue weighted by Crippen LogP contribution is -2.42. The third kappa shape index (κ3) is 4.04. The SMILES string of the molecule is COc1cc(C(=O)N[C@@H](c2ccccc2F)C(C)(C)O)ccc1-c1cn[nH]c1. The maximum absolute atomic E-state index is 14.3. The Balaban J connectivity index is 1.91. The van der Waals surface area contributed by atoms with Crippen molar-refractivity contribution in [1.29, 1.82) is 0 Å². The van der Waals surface area contributed by atoms with Gasteiger partial charge in [-0.3, -0.25) is 9.89 Å². The van der Waals surface area contributed by atoms with Crippen molar-refractivity contribution in [3.05, 3.63) is 71.8 Å². The van der Waals surface area contributed by atoms with Crippen molar-refractivity contribution in [1.82, 2.24) is 15.5 Å². The summed E-state index contributed by atoms with van der Waals surface area (Å²) in [6.45, 7) is 3.04. The molecule has 0 aliphatic rings. The number of hydrogen-bond acceptors (Lipinski definition) is 4. The summed E-state index contributed by atoms with van der Waals surface area (Å²) < 4.78 is 19.7. The van der Waals surface area contributed by atoms with Crippen LogP contribution in [0.1, 0.15) is 35.8 Å². The van der Waals surface area contributed by atoms with E-state index in [0.717, 1.165) is 11.1 Å². The number of methoxy groups -OCH3 is 1. The van der Waals surface area contributed by atoms with Crippen molar-refractivity contribution in [2.45, 2.75) is 25.5 Å². The number of hydrogen-bond donors (Lipinski definition) is 3. The highest BCUT2D eigenvalue weighted by Gasteiger charge is 2.32. The molecule has 3 rings (SSSR count). The summed E-state index contributed by atoms with van der Waals surface area (Å²) in [5, 5.41) is 19.9. The summed E-state index contributed by atoms with van der Waals surface area (Å²) >= 11 is 0. The van der Waals surface area contributed by atoms with E-state index >= 15 is 0 Å². The summed E-state index contributed by atoms with van der Waals surface area (Å²) in [4.78, 5) is 12.8. The molecule has 28 heavy (non-hydrogen) atoms. The number of rotatable bonds is 6. The lowest BCUT2D eigenvalue weighted by molar-refractivity contribution is 0.0332. The van der Waals surface area contributed by atoms with Gasteiger partial charge < -0.3 is 15.2 Å². The first-order valence-electron chi connectivity index (χ1n) is 8.76. The Morgan fingerprint density at radius 2 is 2.04 bits per heavy atom. The Kier molecular flexibility index (Phi) is 5.46. The number of halogens is 1. The number of ether oxygens (including phenoxy) is 1. The average Bonchev–Trinajstić information content (AvgIpc) is 3.19. The Bertz CT molecular complexity index is 965. The number of aromatic nitrogens is 2. The van der Waals surface area contributed by atoms with Crippen LogP contribution in [0.4, 0.5) is 4.39 Å². The van der Waals surface area contributed by atoms with Gasteiger partial charge in [0.05, 0.1) is 24.9 Å². The first kappa shape index (κ1) is 19.6. The molecule has 3 N–H and O–H groups in total. The molecule has 6 nitrogen and oxygen atoms in total. The van der Waals surface area contributed by atoms with Crippen LogP contribution in [0.5, 0.6) is 5.75 Å².